The summed E-state index contributed by atoms with van der Waals surface area (Å²) in [6.07, 6.45) is 2.50. The minimum Gasteiger partial charge on any atom is -0.346 e. The average Bonchev–Trinajstić information content (AvgIpc) is 2.36. The lowest BCUT2D eigenvalue weighted by molar-refractivity contribution is -0.118. The summed E-state index contributed by atoms with van der Waals surface area (Å²) < 4.78 is 38.0. The van der Waals surface area contributed by atoms with Crippen LogP contribution in [0.25, 0.3) is 6.08 Å². The van der Waals surface area contributed by atoms with Crippen LogP contribution in [0.15, 0.2) is 30.3 Å². The maximum absolute atomic E-state index is 12.7. The first-order chi connectivity index (χ1) is 8.43. The van der Waals surface area contributed by atoms with Crippen molar-refractivity contribution in [3.8, 4) is 0 Å². The van der Waals surface area contributed by atoms with Gasteiger partial charge in [0.1, 0.15) is 5.82 Å². The average molecular weight is 258 g/mol. The molecule has 0 aliphatic rings. The minimum absolute atomic E-state index is 0.390. The number of alkyl halides is 2. The van der Waals surface area contributed by atoms with E-state index in [4.69, 9.17) is 5.73 Å². The summed E-state index contributed by atoms with van der Waals surface area (Å²) >= 11 is 0. The van der Waals surface area contributed by atoms with E-state index in [9.17, 15) is 18.0 Å². The number of rotatable bonds is 5. The van der Waals surface area contributed by atoms with Crippen molar-refractivity contribution in [2.45, 2.75) is 5.92 Å². The molecule has 3 nitrogen and oxygen atoms in total. The van der Waals surface area contributed by atoms with Gasteiger partial charge in [0.25, 0.3) is 5.92 Å². The standard InChI is InChI=1S/C12H13F3N2O/c13-10-4-1-9(2-5-10)3-6-11(18)17-8-12(14,15)7-16/h1-6H,7-8,16H2,(H,17,18)/b6-3+. The summed E-state index contributed by atoms with van der Waals surface area (Å²) in [5.74, 6) is -4.16. The number of hydrogen-bond donors (Lipinski definition) is 2. The van der Waals surface area contributed by atoms with Crippen LogP contribution in [0, 0.1) is 5.82 Å². The number of amides is 1. The first-order valence-electron chi connectivity index (χ1n) is 5.22. The van der Waals surface area contributed by atoms with Crippen LogP contribution < -0.4 is 11.1 Å². The van der Waals surface area contributed by atoms with E-state index in [0.29, 0.717) is 5.56 Å². The molecular weight excluding hydrogens is 245 g/mol. The predicted molar refractivity (Wildman–Crippen MR) is 62.4 cm³/mol. The monoisotopic (exact) mass is 258 g/mol. The third-order valence-electron chi connectivity index (χ3n) is 2.12. The van der Waals surface area contributed by atoms with Crippen LogP contribution in [0.1, 0.15) is 5.56 Å². The number of carbonyl (C=O) groups is 1. The van der Waals surface area contributed by atoms with E-state index < -0.39 is 24.9 Å². The fourth-order valence-electron chi connectivity index (χ4n) is 1.09. The zero-order valence-electron chi connectivity index (χ0n) is 9.50. The highest BCUT2D eigenvalue weighted by Gasteiger charge is 2.26. The van der Waals surface area contributed by atoms with Gasteiger partial charge < -0.3 is 11.1 Å². The highest BCUT2D eigenvalue weighted by Crippen LogP contribution is 2.08. The van der Waals surface area contributed by atoms with Gasteiger partial charge in [-0.15, -0.1) is 0 Å². The Morgan fingerprint density at radius 3 is 2.50 bits per heavy atom. The Labute approximate surface area is 102 Å². The molecule has 0 saturated heterocycles. The second-order valence-electron chi connectivity index (χ2n) is 3.66. The highest BCUT2D eigenvalue weighted by molar-refractivity contribution is 5.91. The van der Waals surface area contributed by atoms with Crippen LogP contribution in [-0.4, -0.2) is 24.9 Å². The molecule has 0 aliphatic carbocycles. The van der Waals surface area contributed by atoms with Crippen molar-refractivity contribution in [3.63, 3.8) is 0 Å². The summed E-state index contributed by atoms with van der Waals surface area (Å²) in [5, 5.41) is 2.03. The van der Waals surface area contributed by atoms with E-state index in [2.05, 4.69) is 0 Å². The summed E-state index contributed by atoms with van der Waals surface area (Å²) in [6.45, 7) is -1.63. The maximum atomic E-state index is 12.7. The lowest BCUT2D eigenvalue weighted by Crippen LogP contribution is -2.41. The Balaban J connectivity index is 2.47. The smallest absolute Gasteiger partial charge is 0.277 e. The van der Waals surface area contributed by atoms with Gasteiger partial charge >= 0.3 is 0 Å². The van der Waals surface area contributed by atoms with Crippen LogP contribution >= 0.6 is 0 Å². The van der Waals surface area contributed by atoms with Gasteiger partial charge in [-0.3, -0.25) is 4.79 Å². The summed E-state index contributed by atoms with van der Waals surface area (Å²) in [4.78, 5) is 11.2. The number of nitrogens with two attached hydrogens (primary N) is 1. The minimum atomic E-state index is -3.11. The van der Waals surface area contributed by atoms with Crippen molar-refractivity contribution in [2.75, 3.05) is 13.1 Å². The molecule has 0 aromatic heterocycles. The van der Waals surface area contributed by atoms with Crippen molar-refractivity contribution in [2.24, 2.45) is 5.73 Å². The molecule has 0 saturated carbocycles. The van der Waals surface area contributed by atoms with Crippen LogP contribution in [0.5, 0.6) is 0 Å². The third kappa shape index (κ3) is 5.01. The van der Waals surface area contributed by atoms with Gasteiger partial charge in [-0.2, -0.15) is 0 Å². The van der Waals surface area contributed by atoms with Crippen LogP contribution in [0.2, 0.25) is 0 Å². The molecule has 0 fully saturated rings. The first-order valence-corrected chi connectivity index (χ1v) is 5.22. The fraction of sp³-hybridized carbons (Fsp3) is 0.250. The Hall–Kier alpha value is -1.82. The highest BCUT2D eigenvalue weighted by atomic mass is 19.3. The zero-order valence-corrected chi connectivity index (χ0v) is 9.50. The third-order valence-corrected chi connectivity index (χ3v) is 2.12. The van der Waals surface area contributed by atoms with E-state index in [0.717, 1.165) is 6.08 Å². The molecule has 3 N–H and O–H groups in total. The molecule has 6 heteroatoms. The molecule has 0 heterocycles. The van der Waals surface area contributed by atoms with Gasteiger partial charge in [-0.25, -0.2) is 13.2 Å². The van der Waals surface area contributed by atoms with E-state index >= 15 is 0 Å². The lowest BCUT2D eigenvalue weighted by atomic mass is 10.2. The second-order valence-corrected chi connectivity index (χ2v) is 3.66. The molecule has 0 unspecified atom stereocenters. The van der Waals surface area contributed by atoms with Gasteiger partial charge in [0.2, 0.25) is 5.91 Å². The molecule has 0 atom stereocenters. The molecule has 18 heavy (non-hydrogen) atoms. The van der Waals surface area contributed by atoms with Gasteiger partial charge in [-0.05, 0) is 23.8 Å². The Morgan fingerprint density at radius 2 is 1.94 bits per heavy atom. The number of carbonyl (C=O) groups excluding carboxylic acids is 1. The molecule has 1 aromatic rings. The lowest BCUT2D eigenvalue weighted by Gasteiger charge is -2.13. The molecule has 1 aromatic carbocycles. The van der Waals surface area contributed by atoms with Crippen molar-refractivity contribution < 1.29 is 18.0 Å². The number of hydrogen-bond acceptors (Lipinski definition) is 2. The van der Waals surface area contributed by atoms with Gasteiger partial charge in [0, 0.05) is 6.08 Å². The topological polar surface area (TPSA) is 55.1 Å². The van der Waals surface area contributed by atoms with Crippen molar-refractivity contribution in [3.05, 3.63) is 41.7 Å². The quantitative estimate of drug-likeness (QED) is 0.787. The first kappa shape index (κ1) is 14.2. The molecule has 0 bridgehead atoms. The van der Waals surface area contributed by atoms with Crippen molar-refractivity contribution in [1.82, 2.24) is 5.32 Å². The Morgan fingerprint density at radius 1 is 1.33 bits per heavy atom. The predicted octanol–water partition coefficient (Wildman–Crippen LogP) is 1.55. The number of nitrogens with one attached hydrogen (secondary N) is 1. The van der Waals surface area contributed by atoms with Crippen LogP contribution in [0.4, 0.5) is 13.2 Å². The largest absolute Gasteiger partial charge is 0.346 e. The van der Waals surface area contributed by atoms with E-state index in [1.165, 1.54) is 30.3 Å². The van der Waals surface area contributed by atoms with Gasteiger partial charge in [0.15, 0.2) is 0 Å². The SMILES string of the molecule is NCC(F)(F)CNC(=O)/C=C/c1ccc(F)cc1. The molecule has 98 valence electrons. The molecule has 0 spiro atoms. The van der Waals surface area contributed by atoms with Gasteiger partial charge in [0.05, 0.1) is 13.1 Å². The Bertz CT molecular complexity index is 429. The maximum Gasteiger partial charge on any atom is 0.277 e. The zero-order chi connectivity index (χ0) is 13.6. The van der Waals surface area contributed by atoms with E-state index in [-0.39, 0.29) is 5.82 Å². The number of benzene rings is 1. The van der Waals surface area contributed by atoms with Crippen molar-refractivity contribution >= 4 is 12.0 Å². The summed E-state index contributed by atoms with van der Waals surface area (Å²) in [7, 11) is 0. The van der Waals surface area contributed by atoms with E-state index in [1.807, 2.05) is 5.32 Å². The molecule has 0 radical (unpaired) electrons. The Kier molecular flexibility index (Phi) is 4.91. The summed E-state index contributed by atoms with van der Waals surface area (Å²) in [6, 6.07) is 5.40. The fourth-order valence-corrected chi connectivity index (χ4v) is 1.09. The van der Waals surface area contributed by atoms with Crippen molar-refractivity contribution in [1.29, 1.82) is 0 Å². The van der Waals surface area contributed by atoms with Crippen LogP contribution in [0.3, 0.4) is 0 Å². The second kappa shape index (κ2) is 6.20. The number of halogens is 3. The molecule has 1 rings (SSSR count). The summed E-state index contributed by atoms with van der Waals surface area (Å²) in [5.41, 5.74) is 5.41. The molecule has 1 amide bonds. The van der Waals surface area contributed by atoms with Crippen LogP contribution in [-0.2, 0) is 4.79 Å². The normalized spacial score (nSPS) is 11.8. The molecular formula is C12H13F3N2O. The van der Waals surface area contributed by atoms with E-state index in [1.54, 1.807) is 0 Å². The van der Waals surface area contributed by atoms with Gasteiger partial charge in [-0.1, -0.05) is 12.1 Å². The molecule has 0 aliphatic heterocycles.